The van der Waals surface area contributed by atoms with Gasteiger partial charge in [0.2, 0.25) is 0 Å². The van der Waals surface area contributed by atoms with Gasteiger partial charge in [-0.25, -0.2) is 9.59 Å². The van der Waals surface area contributed by atoms with Crippen LogP contribution in [0.25, 0.3) is 0 Å². The summed E-state index contributed by atoms with van der Waals surface area (Å²) in [6.07, 6.45) is 5.82. The number of nitrogens with zero attached hydrogens (tertiary/aromatic N) is 2. The highest BCUT2D eigenvalue weighted by molar-refractivity contribution is 6.05. The number of anilines is 1. The summed E-state index contributed by atoms with van der Waals surface area (Å²) >= 11 is 0. The van der Waals surface area contributed by atoms with Crippen molar-refractivity contribution in [2.45, 2.75) is 0 Å². The van der Waals surface area contributed by atoms with Crippen LogP contribution in [-0.4, -0.2) is 31.1 Å². The molecule has 0 atom stereocenters. The third kappa shape index (κ3) is 4.61. The molecule has 0 aromatic heterocycles. The number of allylic oxidation sites excluding steroid dienone is 2. The number of hydrogen-bond acceptors (Lipinski definition) is 8. The molecule has 0 radical (unpaired) electrons. The molecule has 1 aliphatic heterocycles. The summed E-state index contributed by atoms with van der Waals surface area (Å²) < 4.78 is 15.2. The second-order valence-corrected chi connectivity index (χ2v) is 6.14. The molecule has 158 valence electrons. The number of carbonyl (C=O) groups is 2. The molecule has 0 fully saturated rings. The Morgan fingerprint density at radius 2 is 1.65 bits per heavy atom. The summed E-state index contributed by atoms with van der Waals surface area (Å²) in [6, 6.07) is 13.0. The molecule has 0 spiro atoms. The van der Waals surface area contributed by atoms with Crippen LogP contribution in [0.1, 0.15) is 0 Å². The van der Waals surface area contributed by atoms with E-state index in [1.807, 2.05) is 6.07 Å². The SMILES string of the molecule is COC(=O)C1=C(C(=O)OC)N(c2ccc(Oc3ccccc3)cc2[N+](=O)[O-])C=CC=C1. The maximum Gasteiger partial charge on any atom is 0.355 e. The zero-order valence-corrected chi connectivity index (χ0v) is 16.7. The lowest BCUT2D eigenvalue weighted by atomic mass is 10.1. The third-order valence-corrected chi connectivity index (χ3v) is 4.27. The summed E-state index contributed by atoms with van der Waals surface area (Å²) in [7, 11) is 2.31. The monoisotopic (exact) mass is 422 g/mol. The van der Waals surface area contributed by atoms with E-state index < -0.39 is 16.9 Å². The average molecular weight is 422 g/mol. The Morgan fingerprint density at radius 1 is 0.935 bits per heavy atom. The van der Waals surface area contributed by atoms with E-state index in [1.54, 1.807) is 24.3 Å². The van der Waals surface area contributed by atoms with Crippen molar-refractivity contribution in [3.63, 3.8) is 0 Å². The first-order valence-corrected chi connectivity index (χ1v) is 9.02. The molecule has 0 N–H and O–H groups in total. The fraction of sp³-hybridized carbons (Fsp3) is 0.0909. The number of carbonyl (C=O) groups excluding carboxylic acids is 2. The number of methoxy groups -OCH3 is 2. The Morgan fingerprint density at radius 3 is 2.29 bits per heavy atom. The smallest absolute Gasteiger partial charge is 0.355 e. The number of ether oxygens (including phenoxy) is 3. The van der Waals surface area contributed by atoms with Crippen LogP contribution in [0.4, 0.5) is 11.4 Å². The van der Waals surface area contributed by atoms with E-state index >= 15 is 0 Å². The second kappa shape index (κ2) is 9.40. The third-order valence-electron chi connectivity index (χ3n) is 4.27. The van der Waals surface area contributed by atoms with Crippen molar-refractivity contribution >= 4 is 23.3 Å². The van der Waals surface area contributed by atoms with E-state index in [-0.39, 0.29) is 28.4 Å². The molecule has 0 saturated heterocycles. The average Bonchev–Trinajstić information content (AvgIpc) is 3.01. The quantitative estimate of drug-likeness (QED) is 0.392. The fourth-order valence-electron chi connectivity index (χ4n) is 2.89. The molecule has 0 amide bonds. The largest absolute Gasteiger partial charge is 0.465 e. The molecule has 2 aromatic carbocycles. The molecular weight excluding hydrogens is 404 g/mol. The number of nitro groups is 1. The molecule has 0 bridgehead atoms. The van der Waals surface area contributed by atoms with Gasteiger partial charge in [0, 0.05) is 6.20 Å². The molecule has 1 aliphatic rings. The molecule has 9 heteroatoms. The standard InChI is InChI=1S/C22H18N2O7/c1-29-21(25)17-10-6-7-13-23(20(17)22(26)30-2)18-12-11-16(14-19(18)24(27)28)31-15-8-4-3-5-9-15/h3-14H,1-2H3. The Bertz CT molecular complexity index is 1100. The van der Waals surface area contributed by atoms with Gasteiger partial charge in [-0.2, -0.15) is 0 Å². The molecule has 0 aliphatic carbocycles. The minimum Gasteiger partial charge on any atom is -0.465 e. The summed E-state index contributed by atoms with van der Waals surface area (Å²) in [5, 5.41) is 11.8. The maximum atomic E-state index is 12.5. The zero-order valence-electron chi connectivity index (χ0n) is 16.7. The first-order valence-electron chi connectivity index (χ1n) is 9.02. The predicted octanol–water partition coefficient (Wildman–Crippen LogP) is 3.88. The first kappa shape index (κ1) is 21.3. The van der Waals surface area contributed by atoms with Crippen LogP contribution >= 0.6 is 0 Å². The van der Waals surface area contributed by atoms with Crippen LogP contribution in [-0.2, 0) is 19.1 Å². The van der Waals surface area contributed by atoms with Crippen LogP contribution < -0.4 is 9.64 Å². The number of hydrogen-bond donors (Lipinski definition) is 0. The maximum absolute atomic E-state index is 12.5. The van der Waals surface area contributed by atoms with Crippen molar-refractivity contribution in [3.8, 4) is 11.5 Å². The lowest BCUT2D eigenvalue weighted by Gasteiger charge is -2.23. The van der Waals surface area contributed by atoms with Crippen molar-refractivity contribution in [1.29, 1.82) is 0 Å². The van der Waals surface area contributed by atoms with Crippen LogP contribution in [0.3, 0.4) is 0 Å². The summed E-state index contributed by atoms with van der Waals surface area (Å²) in [5.41, 5.74) is -0.643. The molecule has 0 saturated carbocycles. The van der Waals surface area contributed by atoms with Gasteiger partial charge in [-0.3, -0.25) is 10.1 Å². The number of benzene rings is 2. The van der Waals surface area contributed by atoms with E-state index in [1.165, 1.54) is 54.6 Å². The van der Waals surface area contributed by atoms with Crippen molar-refractivity contribution < 1.29 is 28.7 Å². The van der Waals surface area contributed by atoms with E-state index in [0.717, 1.165) is 7.11 Å². The van der Waals surface area contributed by atoms with Gasteiger partial charge in [0.05, 0.1) is 30.8 Å². The van der Waals surface area contributed by atoms with E-state index in [4.69, 9.17) is 14.2 Å². The van der Waals surface area contributed by atoms with Crippen molar-refractivity contribution in [1.82, 2.24) is 0 Å². The lowest BCUT2D eigenvalue weighted by molar-refractivity contribution is -0.384. The summed E-state index contributed by atoms with van der Waals surface area (Å²) in [5.74, 6) is -0.922. The summed E-state index contributed by atoms with van der Waals surface area (Å²) in [6.45, 7) is 0. The van der Waals surface area contributed by atoms with Crippen molar-refractivity contribution in [2.24, 2.45) is 0 Å². The molecule has 9 nitrogen and oxygen atoms in total. The van der Waals surface area contributed by atoms with Crippen LogP contribution in [0.15, 0.2) is 84.2 Å². The first-order chi connectivity index (χ1) is 15.0. The summed E-state index contributed by atoms with van der Waals surface area (Å²) in [4.78, 5) is 37.2. The Balaban J connectivity index is 2.13. The minimum atomic E-state index is -0.865. The van der Waals surface area contributed by atoms with Crippen LogP contribution in [0.2, 0.25) is 0 Å². The van der Waals surface area contributed by atoms with E-state index in [0.29, 0.717) is 5.75 Å². The number of para-hydroxylation sites is 1. The van der Waals surface area contributed by atoms with Crippen molar-refractivity contribution in [2.75, 3.05) is 19.1 Å². The number of esters is 2. The highest BCUT2D eigenvalue weighted by Gasteiger charge is 2.31. The lowest BCUT2D eigenvalue weighted by Crippen LogP contribution is -2.27. The fourth-order valence-corrected chi connectivity index (χ4v) is 2.89. The van der Waals surface area contributed by atoms with Gasteiger partial charge in [0.25, 0.3) is 5.69 Å². The molecule has 3 rings (SSSR count). The van der Waals surface area contributed by atoms with Gasteiger partial charge in [-0.15, -0.1) is 0 Å². The Labute approximate surface area is 177 Å². The highest BCUT2D eigenvalue weighted by atomic mass is 16.6. The number of rotatable bonds is 6. The predicted molar refractivity (Wildman–Crippen MR) is 111 cm³/mol. The van der Waals surface area contributed by atoms with Gasteiger partial charge in [-0.05, 0) is 36.4 Å². The molecule has 2 aromatic rings. The Hall–Kier alpha value is -4.40. The second-order valence-electron chi connectivity index (χ2n) is 6.14. The molecule has 1 heterocycles. The molecule has 31 heavy (non-hydrogen) atoms. The van der Waals surface area contributed by atoms with E-state index in [9.17, 15) is 19.7 Å². The normalized spacial score (nSPS) is 12.9. The van der Waals surface area contributed by atoms with Gasteiger partial charge < -0.3 is 19.1 Å². The van der Waals surface area contributed by atoms with Gasteiger partial charge in [-0.1, -0.05) is 24.3 Å². The Kier molecular flexibility index (Phi) is 6.46. The topological polar surface area (TPSA) is 108 Å². The van der Waals surface area contributed by atoms with E-state index in [2.05, 4.69) is 0 Å². The number of nitro benzene ring substituents is 1. The highest BCUT2D eigenvalue weighted by Crippen LogP contribution is 2.37. The molecule has 0 unspecified atom stereocenters. The molecular formula is C22H18N2O7. The minimum absolute atomic E-state index is 0.0344. The van der Waals surface area contributed by atoms with Crippen LogP contribution in [0, 0.1) is 10.1 Å². The zero-order chi connectivity index (χ0) is 22.4. The van der Waals surface area contributed by atoms with Gasteiger partial charge in [0.15, 0.2) is 0 Å². The van der Waals surface area contributed by atoms with Crippen LogP contribution in [0.5, 0.6) is 11.5 Å². The van der Waals surface area contributed by atoms with Crippen molar-refractivity contribution in [3.05, 3.63) is 94.3 Å². The van der Waals surface area contributed by atoms with Gasteiger partial charge >= 0.3 is 11.9 Å². The van der Waals surface area contributed by atoms with Gasteiger partial charge in [0.1, 0.15) is 22.9 Å².